The molecule has 0 amide bonds. The maximum Gasteiger partial charge on any atom is 0.125 e. The Bertz CT molecular complexity index is 321. The van der Waals surface area contributed by atoms with Crippen molar-refractivity contribution >= 4 is 12.6 Å². The topological polar surface area (TPSA) is 35.2 Å². The van der Waals surface area contributed by atoms with Gasteiger partial charge in [0, 0.05) is 11.8 Å². The third-order valence-electron chi connectivity index (χ3n) is 2.86. The standard InChI is InChI=1S/C14H23NOS/c1-11-6-5-7-12(2)14(11)16-9-4-3-8-13(15)10-17/h5-7,13,17H,3-4,8-10,15H2,1-2H3/t13-/m0/s1. The fourth-order valence-electron chi connectivity index (χ4n) is 1.80. The summed E-state index contributed by atoms with van der Waals surface area (Å²) >= 11 is 4.17. The number of thiol groups is 1. The van der Waals surface area contributed by atoms with Crippen molar-refractivity contribution in [3.8, 4) is 5.75 Å². The number of aryl methyl sites for hydroxylation is 2. The van der Waals surface area contributed by atoms with Crippen LogP contribution in [-0.2, 0) is 0 Å². The summed E-state index contributed by atoms with van der Waals surface area (Å²) in [4.78, 5) is 0. The van der Waals surface area contributed by atoms with E-state index >= 15 is 0 Å². The minimum absolute atomic E-state index is 0.221. The van der Waals surface area contributed by atoms with Crippen LogP contribution in [0, 0.1) is 13.8 Å². The van der Waals surface area contributed by atoms with E-state index in [0.29, 0.717) is 0 Å². The molecule has 3 heteroatoms. The monoisotopic (exact) mass is 253 g/mol. The van der Waals surface area contributed by atoms with Crippen molar-refractivity contribution in [2.45, 2.75) is 39.2 Å². The molecular weight excluding hydrogens is 230 g/mol. The lowest BCUT2D eigenvalue weighted by Gasteiger charge is -2.12. The molecule has 2 nitrogen and oxygen atoms in total. The van der Waals surface area contributed by atoms with Crippen molar-refractivity contribution in [2.24, 2.45) is 5.73 Å². The minimum Gasteiger partial charge on any atom is -0.493 e. The number of rotatable bonds is 7. The lowest BCUT2D eigenvalue weighted by atomic mass is 10.1. The predicted octanol–water partition coefficient (Wildman–Crippen LogP) is 3.11. The molecule has 1 atom stereocenters. The fraction of sp³-hybridized carbons (Fsp3) is 0.571. The Morgan fingerprint density at radius 3 is 2.47 bits per heavy atom. The van der Waals surface area contributed by atoms with Gasteiger partial charge >= 0.3 is 0 Å². The molecule has 0 saturated carbocycles. The molecule has 0 radical (unpaired) electrons. The Morgan fingerprint density at radius 1 is 1.24 bits per heavy atom. The first kappa shape index (κ1) is 14.4. The first-order valence-electron chi connectivity index (χ1n) is 6.20. The normalized spacial score (nSPS) is 12.5. The van der Waals surface area contributed by atoms with Gasteiger partial charge in [0.2, 0.25) is 0 Å². The summed E-state index contributed by atoms with van der Waals surface area (Å²) in [5.41, 5.74) is 8.21. The zero-order valence-corrected chi connectivity index (χ0v) is 11.7. The Kier molecular flexibility index (Phi) is 6.45. The van der Waals surface area contributed by atoms with Gasteiger partial charge in [-0.25, -0.2) is 0 Å². The third kappa shape index (κ3) is 5.00. The van der Waals surface area contributed by atoms with Gasteiger partial charge in [-0.1, -0.05) is 18.2 Å². The van der Waals surface area contributed by atoms with E-state index in [1.807, 2.05) is 0 Å². The van der Waals surface area contributed by atoms with Gasteiger partial charge in [-0.2, -0.15) is 12.6 Å². The Balaban J connectivity index is 2.27. The molecule has 0 aromatic heterocycles. The maximum absolute atomic E-state index is 5.82. The fourth-order valence-corrected chi connectivity index (χ4v) is 1.98. The van der Waals surface area contributed by atoms with Crippen molar-refractivity contribution in [3.05, 3.63) is 29.3 Å². The average molecular weight is 253 g/mol. The molecule has 1 aromatic rings. The number of hydrogen-bond donors (Lipinski definition) is 2. The van der Waals surface area contributed by atoms with Crippen molar-refractivity contribution in [3.63, 3.8) is 0 Å². The molecule has 0 bridgehead atoms. The highest BCUT2D eigenvalue weighted by molar-refractivity contribution is 7.80. The summed E-state index contributed by atoms with van der Waals surface area (Å²) in [7, 11) is 0. The number of para-hydroxylation sites is 1. The lowest BCUT2D eigenvalue weighted by Crippen LogP contribution is -2.21. The van der Waals surface area contributed by atoms with Crippen molar-refractivity contribution < 1.29 is 4.74 Å². The van der Waals surface area contributed by atoms with Gasteiger partial charge in [0.05, 0.1) is 6.61 Å². The van der Waals surface area contributed by atoms with Crippen LogP contribution in [0.3, 0.4) is 0 Å². The van der Waals surface area contributed by atoms with Gasteiger partial charge in [-0.3, -0.25) is 0 Å². The second-order valence-corrected chi connectivity index (χ2v) is 4.87. The second-order valence-electron chi connectivity index (χ2n) is 4.51. The molecule has 17 heavy (non-hydrogen) atoms. The summed E-state index contributed by atoms with van der Waals surface area (Å²) in [6.07, 6.45) is 3.18. The molecule has 1 rings (SSSR count). The second kappa shape index (κ2) is 7.62. The van der Waals surface area contributed by atoms with Crippen LogP contribution in [0.2, 0.25) is 0 Å². The summed E-state index contributed by atoms with van der Waals surface area (Å²) in [5.74, 6) is 1.79. The molecule has 0 fully saturated rings. The van der Waals surface area contributed by atoms with Gasteiger partial charge in [0.1, 0.15) is 5.75 Å². The molecular formula is C14H23NOS. The van der Waals surface area contributed by atoms with Crippen LogP contribution in [0.15, 0.2) is 18.2 Å². The predicted molar refractivity (Wildman–Crippen MR) is 77.1 cm³/mol. The summed E-state index contributed by atoms with van der Waals surface area (Å²) in [6, 6.07) is 6.44. The van der Waals surface area contributed by atoms with E-state index in [4.69, 9.17) is 10.5 Å². The van der Waals surface area contributed by atoms with Crippen LogP contribution in [-0.4, -0.2) is 18.4 Å². The van der Waals surface area contributed by atoms with Crippen LogP contribution < -0.4 is 10.5 Å². The van der Waals surface area contributed by atoms with E-state index in [0.717, 1.165) is 37.4 Å². The molecule has 0 heterocycles. The molecule has 0 aliphatic rings. The highest BCUT2D eigenvalue weighted by Crippen LogP contribution is 2.22. The molecule has 0 saturated heterocycles. The first-order chi connectivity index (χ1) is 8.15. The molecule has 0 aliphatic heterocycles. The highest BCUT2D eigenvalue weighted by Gasteiger charge is 2.03. The zero-order chi connectivity index (χ0) is 12.7. The third-order valence-corrected chi connectivity index (χ3v) is 3.33. The largest absolute Gasteiger partial charge is 0.493 e. The molecule has 96 valence electrons. The smallest absolute Gasteiger partial charge is 0.125 e. The molecule has 1 aromatic carbocycles. The number of hydrogen-bond acceptors (Lipinski definition) is 3. The summed E-state index contributed by atoms with van der Waals surface area (Å²) < 4.78 is 5.82. The zero-order valence-electron chi connectivity index (χ0n) is 10.8. The molecule has 0 spiro atoms. The number of benzene rings is 1. The van der Waals surface area contributed by atoms with Crippen LogP contribution in [0.25, 0.3) is 0 Å². The summed E-state index contributed by atoms with van der Waals surface area (Å²) in [5, 5.41) is 0. The van der Waals surface area contributed by atoms with E-state index in [1.54, 1.807) is 0 Å². The van der Waals surface area contributed by atoms with Crippen molar-refractivity contribution in [1.29, 1.82) is 0 Å². The van der Waals surface area contributed by atoms with Gasteiger partial charge in [0.25, 0.3) is 0 Å². The first-order valence-corrected chi connectivity index (χ1v) is 6.84. The van der Waals surface area contributed by atoms with Gasteiger partial charge in [-0.15, -0.1) is 0 Å². The number of ether oxygens (including phenoxy) is 1. The highest BCUT2D eigenvalue weighted by atomic mass is 32.1. The SMILES string of the molecule is Cc1cccc(C)c1OCCCC[C@H](N)CS. The van der Waals surface area contributed by atoms with Gasteiger partial charge < -0.3 is 10.5 Å². The minimum atomic E-state index is 0.221. The van der Waals surface area contributed by atoms with Gasteiger partial charge in [0.15, 0.2) is 0 Å². The van der Waals surface area contributed by atoms with E-state index in [-0.39, 0.29) is 6.04 Å². The van der Waals surface area contributed by atoms with E-state index in [2.05, 4.69) is 44.7 Å². The average Bonchev–Trinajstić information content (AvgIpc) is 2.31. The number of nitrogens with two attached hydrogens (primary N) is 1. The molecule has 2 N–H and O–H groups in total. The summed E-state index contributed by atoms with van der Waals surface area (Å²) in [6.45, 7) is 4.93. The van der Waals surface area contributed by atoms with Crippen molar-refractivity contribution in [2.75, 3.05) is 12.4 Å². The van der Waals surface area contributed by atoms with Crippen LogP contribution in [0.4, 0.5) is 0 Å². The Hall–Kier alpha value is -0.670. The van der Waals surface area contributed by atoms with Crippen LogP contribution in [0.5, 0.6) is 5.75 Å². The van der Waals surface area contributed by atoms with E-state index < -0.39 is 0 Å². The van der Waals surface area contributed by atoms with Gasteiger partial charge in [-0.05, 0) is 44.2 Å². The Morgan fingerprint density at radius 2 is 1.88 bits per heavy atom. The van der Waals surface area contributed by atoms with E-state index in [9.17, 15) is 0 Å². The van der Waals surface area contributed by atoms with E-state index in [1.165, 1.54) is 11.1 Å². The quantitative estimate of drug-likeness (QED) is 0.578. The maximum atomic E-state index is 5.82. The van der Waals surface area contributed by atoms with Crippen molar-refractivity contribution in [1.82, 2.24) is 0 Å². The molecule has 0 unspecified atom stereocenters. The van der Waals surface area contributed by atoms with Crippen LogP contribution >= 0.6 is 12.6 Å². The lowest BCUT2D eigenvalue weighted by molar-refractivity contribution is 0.300. The Labute approximate surface area is 110 Å². The number of unbranched alkanes of at least 4 members (excludes halogenated alkanes) is 1. The van der Waals surface area contributed by atoms with Crippen LogP contribution in [0.1, 0.15) is 30.4 Å². The molecule has 0 aliphatic carbocycles.